The van der Waals surface area contributed by atoms with Crippen LogP contribution in [0.25, 0.3) is 5.69 Å². The van der Waals surface area contributed by atoms with E-state index in [4.69, 9.17) is 0 Å². The molecule has 2 heterocycles. The Bertz CT molecular complexity index is 617. The lowest BCUT2D eigenvalue weighted by atomic mass is 10.0. The third-order valence-electron chi connectivity index (χ3n) is 4.09. The highest BCUT2D eigenvalue weighted by atomic mass is 16.2. The largest absolute Gasteiger partial charge is 0.317 e. The third kappa shape index (κ3) is 3.04. The summed E-state index contributed by atoms with van der Waals surface area (Å²) >= 11 is 0. The van der Waals surface area contributed by atoms with Gasteiger partial charge in [-0.05, 0) is 38.1 Å². The molecule has 3 rings (SSSR count). The summed E-state index contributed by atoms with van der Waals surface area (Å²) in [5.41, 5.74) is 1.00. The fourth-order valence-corrected chi connectivity index (χ4v) is 2.92. The van der Waals surface area contributed by atoms with Crippen LogP contribution in [0.5, 0.6) is 0 Å². The summed E-state index contributed by atoms with van der Waals surface area (Å²) in [6.07, 6.45) is 4.37. The van der Waals surface area contributed by atoms with Gasteiger partial charge in [-0.3, -0.25) is 9.69 Å². The van der Waals surface area contributed by atoms with Crippen LogP contribution in [-0.2, 0) is 4.79 Å². The normalized spacial score (nSPS) is 15.7. The molecule has 2 aromatic rings. The van der Waals surface area contributed by atoms with E-state index in [1.807, 2.05) is 59.1 Å². The molecular weight excluding hydrogens is 276 g/mol. The number of carbonyl (C=O) groups excluding carboxylic acids is 1. The molecule has 1 fully saturated rings. The van der Waals surface area contributed by atoms with E-state index in [0.29, 0.717) is 6.42 Å². The molecule has 0 saturated carbocycles. The molecule has 0 atom stereocenters. The standard InChI is InChI=1S/C17H22N4O/c1-2-17(22)21(15-8-11-18-12-9-15)16-10-13-20(19-16)14-6-4-3-5-7-14/h3-7,10,13,15,18H,2,8-9,11-12H2,1H3. The maximum Gasteiger partial charge on any atom is 0.228 e. The fraction of sp³-hybridized carbons (Fsp3) is 0.412. The molecular formula is C17H22N4O. The van der Waals surface area contributed by atoms with Crippen LogP contribution in [0.3, 0.4) is 0 Å². The lowest BCUT2D eigenvalue weighted by Gasteiger charge is -2.33. The lowest BCUT2D eigenvalue weighted by Crippen LogP contribution is -2.46. The topological polar surface area (TPSA) is 50.2 Å². The molecule has 22 heavy (non-hydrogen) atoms. The lowest BCUT2D eigenvalue weighted by molar-refractivity contribution is -0.118. The second kappa shape index (κ2) is 6.75. The summed E-state index contributed by atoms with van der Waals surface area (Å²) in [6, 6.07) is 12.1. The highest BCUT2D eigenvalue weighted by molar-refractivity contribution is 5.92. The Balaban J connectivity index is 1.88. The summed E-state index contributed by atoms with van der Waals surface area (Å²) in [7, 11) is 0. The molecule has 1 aliphatic heterocycles. The molecule has 1 saturated heterocycles. The van der Waals surface area contributed by atoms with Crippen LogP contribution in [0.15, 0.2) is 42.6 Å². The van der Waals surface area contributed by atoms with Crippen LogP contribution in [0.1, 0.15) is 26.2 Å². The van der Waals surface area contributed by atoms with Gasteiger partial charge in [-0.25, -0.2) is 4.68 Å². The molecule has 1 amide bonds. The van der Waals surface area contributed by atoms with Gasteiger partial charge in [-0.15, -0.1) is 5.10 Å². The van der Waals surface area contributed by atoms with Crippen molar-refractivity contribution in [1.82, 2.24) is 15.1 Å². The first-order valence-corrected chi connectivity index (χ1v) is 7.93. The quantitative estimate of drug-likeness (QED) is 0.943. The summed E-state index contributed by atoms with van der Waals surface area (Å²) in [5.74, 6) is 0.896. The minimum absolute atomic E-state index is 0.144. The number of hydrogen-bond donors (Lipinski definition) is 1. The number of anilines is 1. The number of hydrogen-bond acceptors (Lipinski definition) is 3. The first-order chi connectivity index (χ1) is 10.8. The van der Waals surface area contributed by atoms with Crippen molar-refractivity contribution in [1.29, 1.82) is 0 Å². The monoisotopic (exact) mass is 298 g/mol. The average molecular weight is 298 g/mol. The van der Waals surface area contributed by atoms with Crippen LogP contribution in [-0.4, -0.2) is 34.8 Å². The zero-order valence-corrected chi connectivity index (χ0v) is 12.9. The van der Waals surface area contributed by atoms with Gasteiger partial charge in [0.2, 0.25) is 5.91 Å². The molecule has 0 bridgehead atoms. The molecule has 116 valence electrons. The highest BCUT2D eigenvalue weighted by Crippen LogP contribution is 2.22. The Morgan fingerprint density at radius 3 is 2.68 bits per heavy atom. The van der Waals surface area contributed by atoms with E-state index >= 15 is 0 Å². The van der Waals surface area contributed by atoms with E-state index in [1.165, 1.54) is 0 Å². The van der Waals surface area contributed by atoms with Gasteiger partial charge in [0.1, 0.15) is 0 Å². The van der Waals surface area contributed by atoms with Crippen LogP contribution in [0.4, 0.5) is 5.82 Å². The van der Waals surface area contributed by atoms with Crippen molar-refractivity contribution in [2.45, 2.75) is 32.2 Å². The van der Waals surface area contributed by atoms with Crippen molar-refractivity contribution in [2.75, 3.05) is 18.0 Å². The number of para-hydroxylation sites is 1. The summed E-state index contributed by atoms with van der Waals surface area (Å²) in [6.45, 7) is 3.82. The molecule has 1 N–H and O–H groups in total. The Labute approximate surface area is 130 Å². The van der Waals surface area contributed by atoms with Crippen molar-refractivity contribution in [3.8, 4) is 5.69 Å². The number of amides is 1. The van der Waals surface area contributed by atoms with Gasteiger partial charge < -0.3 is 5.32 Å². The number of benzene rings is 1. The SMILES string of the molecule is CCC(=O)N(c1ccn(-c2ccccc2)n1)C1CCNCC1. The number of aromatic nitrogens is 2. The van der Waals surface area contributed by atoms with Crippen molar-refractivity contribution in [3.05, 3.63) is 42.6 Å². The molecule has 1 aliphatic rings. The van der Waals surface area contributed by atoms with Gasteiger partial charge >= 0.3 is 0 Å². The van der Waals surface area contributed by atoms with Crippen LogP contribution in [0, 0.1) is 0 Å². The van der Waals surface area contributed by atoms with Crippen molar-refractivity contribution >= 4 is 11.7 Å². The molecule has 0 radical (unpaired) electrons. The van der Waals surface area contributed by atoms with Gasteiger partial charge in [0, 0.05) is 24.7 Å². The predicted molar refractivity (Wildman–Crippen MR) is 87.2 cm³/mol. The Morgan fingerprint density at radius 1 is 1.27 bits per heavy atom. The number of nitrogens with one attached hydrogen (secondary N) is 1. The van der Waals surface area contributed by atoms with E-state index < -0.39 is 0 Å². The number of piperidine rings is 1. The van der Waals surface area contributed by atoms with E-state index in [-0.39, 0.29) is 11.9 Å². The summed E-state index contributed by atoms with van der Waals surface area (Å²) in [4.78, 5) is 14.3. The van der Waals surface area contributed by atoms with Crippen LogP contribution in [0.2, 0.25) is 0 Å². The number of nitrogens with zero attached hydrogens (tertiary/aromatic N) is 3. The van der Waals surface area contributed by atoms with Gasteiger partial charge in [-0.1, -0.05) is 25.1 Å². The van der Waals surface area contributed by atoms with Gasteiger partial charge in [-0.2, -0.15) is 0 Å². The predicted octanol–water partition coefficient (Wildman–Crippen LogP) is 2.37. The zero-order valence-electron chi connectivity index (χ0n) is 12.9. The molecule has 0 unspecified atom stereocenters. The van der Waals surface area contributed by atoms with Crippen LogP contribution < -0.4 is 10.2 Å². The number of carbonyl (C=O) groups is 1. The van der Waals surface area contributed by atoms with E-state index in [9.17, 15) is 4.79 Å². The smallest absolute Gasteiger partial charge is 0.228 e. The Morgan fingerprint density at radius 2 is 2.00 bits per heavy atom. The maximum atomic E-state index is 12.4. The third-order valence-corrected chi connectivity index (χ3v) is 4.09. The summed E-state index contributed by atoms with van der Waals surface area (Å²) < 4.78 is 1.83. The second-order valence-corrected chi connectivity index (χ2v) is 5.55. The van der Waals surface area contributed by atoms with Crippen molar-refractivity contribution < 1.29 is 4.79 Å². The van der Waals surface area contributed by atoms with E-state index in [0.717, 1.165) is 37.4 Å². The highest BCUT2D eigenvalue weighted by Gasteiger charge is 2.27. The molecule has 1 aromatic carbocycles. The zero-order chi connectivity index (χ0) is 15.4. The molecule has 5 nitrogen and oxygen atoms in total. The Hall–Kier alpha value is -2.14. The molecule has 0 spiro atoms. The fourth-order valence-electron chi connectivity index (χ4n) is 2.92. The number of rotatable bonds is 4. The van der Waals surface area contributed by atoms with Gasteiger partial charge in [0.25, 0.3) is 0 Å². The average Bonchev–Trinajstić information content (AvgIpc) is 3.06. The second-order valence-electron chi connectivity index (χ2n) is 5.55. The molecule has 1 aromatic heterocycles. The van der Waals surface area contributed by atoms with Crippen molar-refractivity contribution in [2.24, 2.45) is 0 Å². The van der Waals surface area contributed by atoms with E-state index in [2.05, 4.69) is 10.4 Å². The van der Waals surface area contributed by atoms with Gasteiger partial charge in [0.05, 0.1) is 5.69 Å². The van der Waals surface area contributed by atoms with E-state index in [1.54, 1.807) is 0 Å². The Kier molecular flexibility index (Phi) is 4.53. The van der Waals surface area contributed by atoms with Crippen LogP contribution >= 0.6 is 0 Å². The summed E-state index contributed by atoms with van der Waals surface area (Å²) in [5, 5.41) is 7.97. The van der Waals surface area contributed by atoms with Gasteiger partial charge in [0.15, 0.2) is 5.82 Å². The molecule has 0 aliphatic carbocycles. The first kappa shape index (κ1) is 14.8. The minimum atomic E-state index is 0.144. The maximum absolute atomic E-state index is 12.4. The first-order valence-electron chi connectivity index (χ1n) is 7.93. The molecule has 5 heteroatoms. The van der Waals surface area contributed by atoms with Crippen molar-refractivity contribution in [3.63, 3.8) is 0 Å². The minimum Gasteiger partial charge on any atom is -0.317 e.